The number of ether oxygens (including phenoxy) is 1. The molecule has 0 fully saturated rings. The largest absolute Gasteiger partial charge is 0.469 e. The van der Waals surface area contributed by atoms with E-state index in [-0.39, 0.29) is 11.9 Å². The first-order valence-corrected chi connectivity index (χ1v) is 2.93. The van der Waals surface area contributed by atoms with Crippen LogP contribution in [0.1, 0.15) is 13.8 Å². The number of esters is 1. The maximum Gasteiger partial charge on any atom is 0.312 e. The lowest BCUT2D eigenvalue weighted by Crippen LogP contribution is -2.09. The van der Waals surface area contributed by atoms with Crippen LogP contribution in [0.5, 0.6) is 0 Å². The highest BCUT2D eigenvalue weighted by molar-refractivity contribution is 5.73. The van der Waals surface area contributed by atoms with Gasteiger partial charge in [0.2, 0.25) is 0 Å². The van der Waals surface area contributed by atoms with Crippen molar-refractivity contribution in [3.8, 4) is 0 Å². The van der Waals surface area contributed by atoms with Gasteiger partial charge in [0, 0.05) is 0 Å². The Kier molecular flexibility index (Phi) is 3.76. The normalized spacial score (nSPS) is 13.7. The predicted octanol–water partition coefficient (Wildman–Crippen LogP) is 1.37. The van der Waals surface area contributed by atoms with Gasteiger partial charge in [-0.2, -0.15) is 0 Å². The number of hydrogen-bond donors (Lipinski definition) is 0. The molecule has 0 saturated heterocycles. The van der Waals surface area contributed by atoms with Crippen molar-refractivity contribution in [3.05, 3.63) is 12.2 Å². The van der Waals surface area contributed by atoms with Crippen molar-refractivity contribution in [3.63, 3.8) is 0 Å². The van der Waals surface area contributed by atoms with Crippen molar-refractivity contribution >= 4 is 5.97 Å². The standard InChI is InChI=1S/C7H12O2/c1-4-5-6(2)7(8)9-3/h4-6H,1-3H3/b5-4+. The first kappa shape index (κ1) is 8.21. The molecule has 0 aromatic rings. The number of carbonyl (C=O) groups is 1. The van der Waals surface area contributed by atoms with Crippen molar-refractivity contribution in [2.45, 2.75) is 13.8 Å². The first-order chi connectivity index (χ1) is 4.22. The van der Waals surface area contributed by atoms with E-state index < -0.39 is 0 Å². The summed E-state index contributed by atoms with van der Waals surface area (Å²) in [5, 5.41) is 0. The zero-order chi connectivity index (χ0) is 7.28. The van der Waals surface area contributed by atoms with Gasteiger partial charge >= 0.3 is 5.97 Å². The summed E-state index contributed by atoms with van der Waals surface area (Å²) in [5.74, 6) is -0.298. The Morgan fingerprint density at radius 1 is 1.67 bits per heavy atom. The fourth-order valence-corrected chi connectivity index (χ4v) is 0.553. The summed E-state index contributed by atoms with van der Waals surface area (Å²) >= 11 is 0. The highest BCUT2D eigenvalue weighted by Crippen LogP contribution is 1.98. The molecule has 0 aliphatic heterocycles. The summed E-state index contributed by atoms with van der Waals surface area (Å²) in [6.45, 7) is 3.67. The molecule has 9 heavy (non-hydrogen) atoms. The van der Waals surface area contributed by atoms with Crippen LogP contribution in [-0.4, -0.2) is 13.1 Å². The van der Waals surface area contributed by atoms with Crippen molar-refractivity contribution in [2.75, 3.05) is 7.11 Å². The van der Waals surface area contributed by atoms with Gasteiger partial charge in [0.15, 0.2) is 0 Å². The van der Waals surface area contributed by atoms with E-state index in [1.54, 1.807) is 13.0 Å². The molecule has 2 heteroatoms. The van der Waals surface area contributed by atoms with Gasteiger partial charge in [0.05, 0.1) is 13.0 Å². The van der Waals surface area contributed by atoms with Crippen LogP contribution >= 0.6 is 0 Å². The lowest BCUT2D eigenvalue weighted by atomic mass is 10.2. The maximum atomic E-state index is 10.6. The zero-order valence-corrected chi connectivity index (χ0v) is 6.05. The molecule has 2 nitrogen and oxygen atoms in total. The van der Waals surface area contributed by atoms with Crippen LogP contribution in [0.4, 0.5) is 0 Å². The molecule has 0 bridgehead atoms. The van der Waals surface area contributed by atoms with Crippen molar-refractivity contribution < 1.29 is 9.53 Å². The maximum absolute atomic E-state index is 10.6. The first-order valence-electron chi connectivity index (χ1n) is 2.93. The number of allylic oxidation sites excluding steroid dienone is 1. The van der Waals surface area contributed by atoms with Gasteiger partial charge in [-0.3, -0.25) is 4.79 Å². The van der Waals surface area contributed by atoms with Gasteiger partial charge in [0.1, 0.15) is 0 Å². The van der Waals surface area contributed by atoms with Crippen LogP contribution < -0.4 is 0 Å². The molecule has 0 rings (SSSR count). The minimum atomic E-state index is -0.187. The number of methoxy groups -OCH3 is 1. The summed E-state index contributed by atoms with van der Waals surface area (Å²) in [5.41, 5.74) is 0. The van der Waals surface area contributed by atoms with Crippen LogP contribution in [0, 0.1) is 5.92 Å². The Morgan fingerprint density at radius 2 is 2.22 bits per heavy atom. The van der Waals surface area contributed by atoms with Crippen LogP contribution in [0.15, 0.2) is 12.2 Å². The lowest BCUT2D eigenvalue weighted by Gasteiger charge is -2.00. The third kappa shape index (κ3) is 2.90. The quantitative estimate of drug-likeness (QED) is 0.414. The molecule has 0 aromatic carbocycles. The van der Waals surface area contributed by atoms with Gasteiger partial charge in [-0.15, -0.1) is 0 Å². The summed E-state index contributed by atoms with van der Waals surface area (Å²) in [4.78, 5) is 10.6. The smallest absolute Gasteiger partial charge is 0.312 e. The molecule has 0 heterocycles. The second-order valence-corrected chi connectivity index (χ2v) is 1.84. The minimum absolute atomic E-state index is 0.111. The number of hydrogen-bond acceptors (Lipinski definition) is 2. The molecule has 0 amide bonds. The molecule has 52 valence electrons. The average Bonchev–Trinajstić information content (AvgIpc) is 1.87. The molecule has 0 aromatic heterocycles. The second kappa shape index (κ2) is 4.13. The molecule has 0 saturated carbocycles. The van der Waals surface area contributed by atoms with E-state index in [1.165, 1.54) is 7.11 Å². The Hall–Kier alpha value is -0.790. The monoisotopic (exact) mass is 128 g/mol. The van der Waals surface area contributed by atoms with E-state index in [9.17, 15) is 4.79 Å². The third-order valence-electron chi connectivity index (χ3n) is 1.05. The Balaban J connectivity index is 3.72. The highest BCUT2D eigenvalue weighted by atomic mass is 16.5. The van der Waals surface area contributed by atoms with Crippen LogP contribution in [0.3, 0.4) is 0 Å². The topological polar surface area (TPSA) is 26.3 Å². The molecule has 1 atom stereocenters. The second-order valence-electron chi connectivity index (χ2n) is 1.84. The zero-order valence-electron chi connectivity index (χ0n) is 6.05. The van der Waals surface area contributed by atoms with E-state index in [2.05, 4.69) is 4.74 Å². The van der Waals surface area contributed by atoms with Crippen LogP contribution in [0.2, 0.25) is 0 Å². The Morgan fingerprint density at radius 3 is 2.56 bits per heavy atom. The van der Waals surface area contributed by atoms with Crippen LogP contribution in [0.25, 0.3) is 0 Å². The van der Waals surface area contributed by atoms with E-state index in [1.807, 2.05) is 13.0 Å². The lowest BCUT2D eigenvalue weighted by molar-refractivity contribution is -0.143. The van der Waals surface area contributed by atoms with Gasteiger partial charge in [-0.1, -0.05) is 12.2 Å². The fraction of sp³-hybridized carbons (Fsp3) is 0.571. The summed E-state index contributed by atoms with van der Waals surface area (Å²) < 4.78 is 4.47. The van der Waals surface area contributed by atoms with Gasteiger partial charge < -0.3 is 4.74 Å². The molecular formula is C7H12O2. The van der Waals surface area contributed by atoms with E-state index in [0.29, 0.717) is 0 Å². The predicted molar refractivity (Wildman–Crippen MR) is 36.0 cm³/mol. The molecule has 0 aliphatic carbocycles. The van der Waals surface area contributed by atoms with Crippen molar-refractivity contribution in [1.82, 2.24) is 0 Å². The minimum Gasteiger partial charge on any atom is -0.469 e. The molecule has 0 radical (unpaired) electrons. The molecule has 0 spiro atoms. The Bertz CT molecular complexity index is 116. The third-order valence-corrected chi connectivity index (χ3v) is 1.05. The summed E-state index contributed by atoms with van der Waals surface area (Å²) in [6.07, 6.45) is 3.63. The summed E-state index contributed by atoms with van der Waals surface area (Å²) in [7, 11) is 1.39. The fourth-order valence-electron chi connectivity index (χ4n) is 0.553. The molecule has 1 unspecified atom stereocenters. The summed E-state index contributed by atoms with van der Waals surface area (Å²) in [6, 6.07) is 0. The SMILES string of the molecule is C/C=C/C(C)C(=O)OC. The average molecular weight is 128 g/mol. The van der Waals surface area contributed by atoms with E-state index in [4.69, 9.17) is 0 Å². The Labute approximate surface area is 55.5 Å². The molecule has 0 aliphatic rings. The molecular weight excluding hydrogens is 116 g/mol. The van der Waals surface area contributed by atoms with E-state index >= 15 is 0 Å². The van der Waals surface area contributed by atoms with Gasteiger partial charge in [-0.25, -0.2) is 0 Å². The van der Waals surface area contributed by atoms with E-state index in [0.717, 1.165) is 0 Å². The number of carbonyl (C=O) groups excluding carboxylic acids is 1. The van der Waals surface area contributed by atoms with Crippen molar-refractivity contribution in [2.24, 2.45) is 5.92 Å². The van der Waals surface area contributed by atoms with Gasteiger partial charge in [0.25, 0.3) is 0 Å². The number of rotatable bonds is 2. The molecule has 0 N–H and O–H groups in total. The van der Waals surface area contributed by atoms with Gasteiger partial charge in [-0.05, 0) is 13.8 Å². The highest BCUT2D eigenvalue weighted by Gasteiger charge is 2.06. The van der Waals surface area contributed by atoms with Crippen LogP contribution in [-0.2, 0) is 9.53 Å². The van der Waals surface area contributed by atoms with Crippen molar-refractivity contribution in [1.29, 1.82) is 0 Å².